The fourth-order valence-corrected chi connectivity index (χ4v) is 3.72. The Hall–Kier alpha value is -1.43. The van der Waals surface area contributed by atoms with Crippen LogP contribution >= 0.6 is 11.6 Å². The zero-order valence-electron chi connectivity index (χ0n) is 11.2. The molecule has 0 atom stereocenters. The minimum atomic E-state index is -3.42. The maximum absolute atomic E-state index is 13.3. The fourth-order valence-electron chi connectivity index (χ4n) is 2.05. The lowest BCUT2D eigenvalue weighted by Gasteiger charge is -2.09. The third kappa shape index (κ3) is 4.52. The van der Waals surface area contributed by atoms with Gasteiger partial charge in [0.1, 0.15) is 5.82 Å². The molecule has 0 heterocycles. The molecule has 0 fully saturated rings. The Morgan fingerprint density at radius 2 is 1.67 bits per heavy atom. The number of nitrogens with two attached hydrogens (primary N) is 1. The Kier molecular flexibility index (Phi) is 4.98. The largest absolute Gasteiger partial charge is 0.326 e. The third-order valence-corrected chi connectivity index (χ3v) is 4.84. The molecule has 0 amide bonds. The van der Waals surface area contributed by atoms with Crippen molar-refractivity contribution in [1.29, 1.82) is 0 Å². The van der Waals surface area contributed by atoms with Gasteiger partial charge in [-0.05, 0) is 41.0 Å². The van der Waals surface area contributed by atoms with E-state index in [0.717, 1.165) is 0 Å². The monoisotopic (exact) mass is 327 g/mol. The maximum Gasteiger partial charge on any atom is 0.158 e. The first-order valence-corrected chi connectivity index (χ1v) is 8.52. The van der Waals surface area contributed by atoms with Crippen LogP contribution in [0.3, 0.4) is 0 Å². The summed E-state index contributed by atoms with van der Waals surface area (Å²) in [6.45, 7) is 0.173. The van der Waals surface area contributed by atoms with Gasteiger partial charge in [-0.25, -0.2) is 12.8 Å². The van der Waals surface area contributed by atoms with Gasteiger partial charge in [-0.1, -0.05) is 29.8 Å². The van der Waals surface area contributed by atoms with Gasteiger partial charge in [0.15, 0.2) is 9.84 Å². The summed E-state index contributed by atoms with van der Waals surface area (Å²) in [6, 6.07) is 10.6. The minimum absolute atomic E-state index is 0.120. The van der Waals surface area contributed by atoms with Gasteiger partial charge >= 0.3 is 0 Å². The first-order valence-electron chi connectivity index (χ1n) is 6.32. The Labute approximate surface area is 128 Å². The normalized spacial score (nSPS) is 11.6. The third-order valence-electron chi connectivity index (χ3n) is 3.06. The molecule has 0 aromatic heterocycles. The lowest BCUT2D eigenvalue weighted by atomic mass is 10.1. The average molecular weight is 328 g/mol. The van der Waals surface area contributed by atoms with Gasteiger partial charge in [0.25, 0.3) is 0 Å². The van der Waals surface area contributed by atoms with E-state index in [1.165, 1.54) is 18.2 Å². The summed E-state index contributed by atoms with van der Waals surface area (Å²) < 4.78 is 37.8. The predicted molar refractivity (Wildman–Crippen MR) is 82.1 cm³/mol. The van der Waals surface area contributed by atoms with E-state index in [4.69, 9.17) is 17.3 Å². The van der Waals surface area contributed by atoms with E-state index in [2.05, 4.69) is 0 Å². The quantitative estimate of drug-likeness (QED) is 0.918. The molecule has 112 valence electrons. The van der Waals surface area contributed by atoms with Gasteiger partial charge in [0, 0.05) is 11.6 Å². The molecule has 0 radical (unpaired) electrons. The standard InChI is InChI=1S/C15H15ClFNO2S/c16-14-4-1-11(2-5-14)9-21(19,20)10-13-7-15(17)6-3-12(13)8-18/h1-7H,8-10,18H2. The zero-order valence-corrected chi connectivity index (χ0v) is 12.8. The highest BCUT2D eigenvalue weighted by molar-refractivity contribution is 7.89. The van der Waals surface area contributed by atoms with Crippen molar-refractivity contribution >= 4 is 21.4 Å². The number of benzene rings is 2. The van der Waals surface area contributed by atoms with Crippen molar-refractivity contribution in [3.05, 3.63) is 70.0 Å². The molecule has 2 aromatic carbocycles. The highest BCUT2D eigenvalue weighted by Gasteiger charge is 2.16. The molecule has 0 spiro atoms. The van der Waals surface area contributed by atoms with Crippen molar-refractivity contribution in [1.82, 2.24) is 0 Å². The van der Waals surface area contributed by atoms with Gasteiger partial charge in [-0.15, -0.1) is 0 Å². The van der Waals surface area contributed by atoms with Crippen LogP contribution in [0.25, 0.3) is 0 Å². The molecule has 0 unspecified atom stereocenters. The molecule has 0 bridgehead atoms. The molecule has 0 saturated carbocycles. The van der Waals surface area contributed by atoms with Crippen LogP contribution in [0.5, 0.6) is 0 Å². The van der Waals surface area contributed by atoms with Crippen molar-refractivity contribution in [3.63, 3.8) is 0 Å². The van der Waals surface area contributed by atoms with Crippen LogP contribution in [0.4, 0.5) is 4.39 Å². The van der Waals surface area contributed by atoms with E-state index < -0.39 is 15.7 Å². The summed E-state index contributed by atoms with van der Waals surface area (Å²) in [5.41, 5.74) is 7.24. The van der Waals surface area contributed by atoms with Crippen LogP contribution in [0.15, 0.2) is 42.5 Å². The predicted octanol–water partition coefficient (Wildman–Crippen LogP) is 3.05. The smallest absolute Gasteiger partial charge is 0.158 e. The van der Waals surface area contributed by atoms with Crippen LogP contribution < -0.4 is 5.73 Å². The number of halogens is 2. The van der Waals surface area contributed by atoms with Gasteiger partial charge in [-0.2, -0.15) is 0 Å². The summed E-state index contributed by atoms with van der Waals surface area (Å²) >= 11 is 5.76. The van der Waals surface area contributed by atoms with E-state index in [9.17, 15) is 12.8 Å². The van der Waals surface area contributed by atoms with Crippen molar-refractivity contribution < 1.29 is 12.8 Å². The maximum atomic E-state index is 13.3. The summed E-state index contributed by atoms with van der Waals surface area (Å²) in [7, 11) is -3.42. The Morgan fingerprint density at radius 1 is 1.00 bits per heavy atom. The number of hydrogen-bond donors (Lipinski definition) is 1. The van der Waals surface area contributed by atoms with Crippen LogP contribution in [0, 0.1) is 5.82 Å². The van der Waals surface area contributed by atoms with Crippen molar-refractivity contribution in [2.45, 2.75) is 18.1 Å². The molecule has 21 heavy (non-hydrogen) atoms. The van der Waals surface area contributed by atoms with Crippen LogP contribution in [-0.4, -0.2) is 8.42 Å². The van der Waals surface area contributed by atoms with E-state index in [1.807, 2.05) is 0 Å². The fraction of sp³-hybridized carbons (Fsp3) is 0.200. The lowest BCUT2D eigenvalue weighted by Crippen LogP contribution is -2.11. The summed E-state index contributed by atoms with van der Waals surface area (Å²) in [6.07, 6.45) is 0. The van der Waals surface area contributed by atoms with Crippen LogP contribution in [0.2, 0.25) is 5.02 Å². The van der Waals surface area contributed by atoms with Gasteiger partial charge in [0.05, 0.1) is 11.5 Å². The lowest BCUT2D eigenvalue weighted by molar-refractivity contribution is 0.593. The van der Waals surface area contributed by atoms with Crippen molar-refractivity contribution in [2.75, 3.05) is 0 Å². The van der Waals surface area contributed by atoms with Crippen molar-refractivity contribution in [3.8, 4) is 0 Å². The molecule has 2 rings (SSSR count). The highest BCUT2D eigenvalue weighted by atomic mass is 35.5. The summed E-state index contributed by atoms with van der Waals surface area (Å²) in [5, 5.41) is 0.548. The second-order valence-electron chi connectivity index (χ2n) is 4.78. The first kappa shape index (κ1) is 15.9. The van der Waals surface area contributed by atoms with Crippen molar-refractivity contribution in [2.24, 2.45) is 5.73 Å². The van der Waals surface area contributed by atoms with Crippen LogP contribution in [-0.2, 0) is 27.9 Å². The Bertz CT molecular complexity index is 730. The van der Waals surface area contributed by atoms with E-state index in [1.54, 1.807) is 24.3 Å². The first-order chi connectivity index (χ1) is 9.89. The summed E-state index contributed by atoms with van der Waals surface area (Å²) in [5.74, 6) is -0.825. The van der Waals surface area contributed by atoms with E-state index in [-0.39, 0.29) is 18.1 Å². The highest BCUT2D eigenvalue weighted by Crippen LogP contribution is 2.18. The number of rotatable bonds is 5. The molecule has 2 N–H and O–H groups in total. The summed E-state index contributed by atoms with van der Waals surface area (Å²) in [4.78, 5) is 0. The second kappa shape index (κ2) is 6.56. The minimum Gasteiger partial charge on any atom is -0.326 e. The topological polar surface area (TPSA) is 60.2 Å². The van der Waals surface area contributed by atoms with Crippen LogP contribution in [0.1, 0.15) is 16.7 Å². The SMILES string of the molecule is NCc1ccc(F)cc1CS(=O)(=O)Cc1ccc(Cl)cc1. The molecule has 0 aliphatic rings. The molecular weight excluding hydrogens is 313 g/mol. The zero-order chi connectivity index (χ0) is 15.5. The van der Waals surface area contributed by atoms with Gasteiger partial charge in [-0.3, -0.25) is 0 Å². The molecule has 0 aliphatic carbocycles. The van der Waals surface area contributed by atoms with Gasteiger partial charge in [0.2, 0.25) is 0 Å². The Morgan fingerprint density at radius 3 is 2.29 bits per heavy atom. The Balaban J connectivity index is 2.21. The number of hydrogen-bond acceptors (Lipinski definition) is 3. The molecule has 0 saturated heterocycles. The van der Waals surface area contributed by atoms with E-state index in [0.29, 0.717) is 21.7 Å². The number of sulfone groups is 1. The average Bonchev–Trinajstić information content (AvgIpc) is 2.41. The molecular formula is C15H15ClFNO2S. The van der Waals surface area contributed by atoms with Gasteiger partial charge < -0.3 is 5.73 Å². The molecule has 3 nitrogen and oxygen atoms in total. The second-order valence-corrected chi connectivity index (χ2v) is 7.28. The molecule has 6 heteroatoms. The molecule has 2 aromatic rings. The molecule has 0 aliphatic heterocycles. The van der Waals surface area contributed by atoms with E-state index >= 15 is 0 Å².